The summed E-state index contributed by atoms with van der Waals surface area (Å²) in [4.78, 5) is 31.3. The van der Waals surface area contributed by atoms with E-state index in [-0.39, 0.29) is 17.9 Å². The van der Waals surface area contributed by atoms with Gasteiger partial charge in [0.05, 0.1) is 5.52 Å². The summed E-state index contributed by atoms with van der Waals surface area (Å²) >= 11 is 0. The van der Waals surface area contributed by atoms with Gasteiger partial charge in [0.15, 0.2) is 0 Å². The molecule has 5 nitrogen and oxygen atoms in total. The molecule has 0 atom stereocenters. The molecule has 128 valence electrons. The molecule has 0 aliphatic rings. The van der Waals surface area contributed by atoms with E-state index in [0.29, 0.717) is 18.5 Å². The van der Waals surface area contributed by atoms with E-state index in [4.69, 9.17) is 0 Å². The first-order valence-corrected chi connectivity index (χ1v) is 8.32. The first-order chi connectivity index (χ1) is 12.0. The fourth-order valence-electron chi connectivity index (χ4n) is 2.80. The molecule has 5 heteroatoms. The van der Waals surface area contributed by atoms with Crippen molar-refractivity contribution >= 4 is 16.8 Å². The Bertz CT molecular complexity index is 962. The van der Waals surface area contributed by atoms with Gasteiger partial charge in [0.1, 0.15) is 0 Å². The van der Waals surface area contributed by atoms with Crippen molar-refractivity contribution < 1.29 is 4.79 Å². The van der Waals surface area contributed by atoms with Crippen molar-refractivity contribution in [3.63, 3.8) is 0 Å². The van der Waals surface area contributed by atoms with Crippen molar-refractivity contribution in [2.45, 2.75) is 33.2 Å². The highest BCUT2D eigenvalue weighted by atomic mass is 16.1. The Labute approximate surface area is 146 Å². The number of carbonyl (C=O) groups excluding carboxylic acids is 1. The number of benzene rings is 1. The fraction of sp³-hybridized carbons (Fsp3) is 0.250. The molecule has 0 aliphatic carbocycles. The smallest absolute Gasteiger partial charge is 0.251 e. The van der Waals surface area contributed by atoms with Gasteiger partial charge in [-0.2, -0.15) is 0 Å². The minimum Gasteiger partial charge on any atom is -0.352 e. The van der Waals surface area contributed by atoms with E-state index in [1.54, 1.807) is 12.4 Å². The van der Waals surface area contributed by atoms with E-state index >= 15 is 0 Å². The van der Waals surface area contributed by atoms with Crippen LogP contribution in [0.3, 0.4) is 0 Å². The lowest BCUT2D eigenvalue weighted by Crippen LogP contribution is -2.24. The van der Waals surface area contributed by atoms with Gasteiger partial charge in [-0.1, -0.05) is 18.2 Å². The number of carbonyl (C=O) groups is 1. The number of nitrogens with zero attached hydrogens (tertiary/aromatic N) is 1. The highest BCUT2D eigenvalue weighted by Crippen LogP contribution is 2.19. The van der Waals surface area contributed by atoms with E-state index in [1.807, 2.05) is 44.2 Å². The molecule has 0 aliphatic heterocycles. The standard InChI is InChI=1S/C20H21N3O2/c1-13-5-6-16-10-17(20(25)23-19(16)14(13)2)7-8-18(24)22-12-15-4-3-9-21-11-15/h3-6,9-11H,7-8,12H2,1-2H3,(H,22,24)(H,23,25). The lowest BCUT2D eigenvalue weighted by molar-refractivity contribution is -0.121. The fourth-order valence-corrected chi connectivity index (χ4v) is 2.80. The number of hydrogen-bond donors (Lipinski definition) is 2. The number of pyridine rings is 2. The monoisotopic (exact) mass is 335 g/mol. The number of rotatable bonds is 5. The molecule has 0 bridgehead atoms. The van der Waals surface area contributed by atoms with Crippen LogP contribution in [0.5, 0.6) is 0 Å². The van der Waals surface area contributed by atoms with E-state index in [1.165, 1.54) is 0 Å². The topological polar surface area (TPSA) is 74.8 Å². The Hall–Kier alpha value is -2.95. The summed E-state index contributed by atoms with van der Waals surface area (Å²) in [5, 5.41) is 3.85. The molecule has 0 unspecified atom stereocenters. The van der Waals surface area contributed by atoms with Crippen LogP contribution in [0.4, 0.5) is 0 Å². The zero-order valence-electron chi connectivity index (χ0n) is 14.4. The molecule has 0 spiro atoms. The molecule has 0 saturated heterocycles. The average molecular weight is 335 g/mol. The predicted octanol–water partition coefficient (Wildman–Crippen LogP) is 2.79. The second-order valence-corrected chi connectivity index (χ2v) is 6.23. The minimum absolute atomic E-state index is 0.0802. The Balaban J connectivity index is 1.67. The van der Waals surface area contributed by atoms with Crippen LogP contribution in [0, 0.1) is 13.8 Å². The van der Waals surface area contributed by atoms with Crippen LogP contribution >= 0.6 is 0 Å². The van der Waals surface area contributed by atoms with Gasteiger partial charge in [-0.25, -0.2) is 0 Å². The SMILES string of the molecule is Cc1ccc2cc(CCC(=O)NCc3cccnc3)c(=O)[nH]c2c1C. The molecule has 3 rings (SSSR count). The normalized spacial score (nSPS) is 10.8. The number of H-pyrrole nitrogens is 1. The van der Waals surface area contributed by atoms with Crippen molar-refractivity contribution in [1.29, 1.82) is 0 Å². The third-order valence-corrected chi connectivity index (χ3v) is 4.46. The van der Waals surface area contributed by atoms with Crippen molar-refractivity contribution in [3.05, 3.63) is 75.3 Å². The van der Waals surface area contributed by atoms with Crippen LogP contribution in [-0.2, 0) is 17.8 Å². The second kappa shape index (κ2) is 7.30. The first kappa shape index (κ1) is 16.9. The lowest BCUT2D eigenvalue weighted by Gasteiger charge is -2.08. The van der Waals surface area contributed by atoms with E-state index in [2.05, 4.69) is 15.3 Å². The third kappa shape index (κ3) is 3.94. The molecular weight excluding hydrogens is 314 g/mol. The predicted molar refractivity (Wildman–Crippen MR) is 98.4 cm³/mol. The van der Waals surface area contributed by atoms with Crippen molar-refractivity contribution in [1.82, 2.24) is 15.3 Å². The Morgan fingerprint density at radius 1 is 1.24 bits per heavy atom. The van der Waals surface area contributed by atoms with Gasteiger partial charge in [0.25, 0.3) is 5.56 Å². The number of aryl methyl sites for hydroxylation is 3. The minimum atomic E-state index is -0.124. The van der Waals surface area contributed by atoms with Gasteiger partial charge in [-0.15, -0.1) is 0 Å². The van der Waals surface area contributed by atoms with Gasteiger partial charge in [0.2, 0.25) is 5.91 Å². The van der Waals surface area contributed by atoms with E-state index < -0.39 is 0 Å². The van der Waals surface area contributed by atoms with Gasteiger partial charge in [-0.05, 0) is 54.5 Å². The van der Waals surface area contributed by atoms with Crippen LogP contribution < -0.4 is 10.9 Å². The maximum atomic E-state index is 12.3. The molecule has 25 heavy (non-hydrogen) atoms. The maximum absolute atomic E-state index is 12.3. The van der Waals surface area contributed by atoms with Crippen molar-refractivity contribution in [2.24, 2.45) is 0 Å². The van der Waals surface area contributed by atoms with Gasteiger partial charge >= 0.3 is 0 Å². The summed E-state index contributed by atoms with van der Waals surface area (Å²) in [5.74, 6) is -0.0802. The second-order valence-electron chi connectivity index (χ2n) is 6.23. The highest BCUT2D eigenvalue weighted by molar-refractivity contribution is 5.83. The summed E-state index contributed by atoms with van der Waals surface area (Å²) in [7, 11) is 0. The summed E-state index contributed by atoms with van der Waals surface area (Å²) in [6.07, 6.45) is 4.11. The summed E-state index contributed by atoms with van der Waals surface area (Å²) in [6, 6.07) is 9.67. The molecule has 0 saturated carbocycles. The number of hydrogen-bond acceptors (Lipinski definition) is 3. The van der Waals surface area contributed by atoms with Crippen LogP contribution in [-0.4, -0.2) is 15.9 Å². The first-order valence-electron chi connectivity index (χ1n) is 8.32. The molecule has 0 fully saturated rings. The van der Waals surface area contributed by atoms with Gasteiger partial charge < -0.3 is 10.3 Å². The number of aromatic amines is 1. The van der Waals surface area contributed by atoms with Crippen LogP contribution in [0.2, 0.25) is 0 Å². The summed E-state index contributed by atoms with van der Waals surface area (Å²) in [6.45, 7) is 4.46. The molecule has 3 aromatic rings. The van der Waals surface area contributed by atoms with Crippen molar-refractivity contribution in [2.75, 3.05) is 0 Å². The van der Waals surface area contributed by atoms with Crippen LogP contribution in [0.15, 0.2) is 47.5 Å². The van der Waals surface area contributed by atoms with E-state index in [9.17, 15) is 9.59 Å². The molecule has 0 radical (unpaired) electrons. The summed E-state index contributed by atoms with van der Waals surface area (Å²) in [5.41, 5.74) is 4.55. The van der Waals surface area contributed by atoms with Gasteiger partial charge in [-0.3, -0.25) is 14.6 Å². The Kier molecular flexibility index (Phi) is 4.93. The Morgan fingerprint density at radius 2 is 2.08 bits per heavy atom. The number of nitrogens with one attached hydrogen (secondary N) is 2. The van der Waals surface area contributed by atoms with Crippen LogP contribution in [0.25, 0.3) is 10.9 Å². The molecule has 2 N–H and O–H groups in total. The number of aromatic nitrogens is 2. The molecule has 2 heterocycles. The largest absolute Gasteiger partial charge is 0.352 e. The van der Waals surface area contributed by atoms with Crippen molar-refractivity contribution in [3.8, 4) is 0 Å². The molecule has 1 amide bonds. The van der Waals surface area contributed by atoms with Crippen LogP contribution in [0.1, 0.15) is 28.7 Å². The Morgan fingerprint density at radius 3 is 2.84 bits per heavy atom. The highest BCUT2D eigenvalue weighted by Gasteiger charge is 2.09. The number of amides is 1. The lowest BCUT2D eigenvalue weighted by atomic mass is 10.0. The van der Waals surface area contributed by atoms with Gasteiger partial charge in [0, 0.05) is 30.9 Å². The van der Waals surface area contributed by atoms with E-state index in [0.717, 1.165) is 27.6 Å². The third-order valence-electron chi connectivity index (χ3n) is 4.46. The summed E-state index contributed by atoms with van der Waals surface area (Å²) < 4.78 is 0. The molecular formula is C20H21N3O2. The zero-order valence-corrected chi connectivity index (χ0v) is 14.4. The quantitative estimate of drug-likeness (QED) is 0.753. The molecule has 2 aromatic heterocycles. The maximum Gasteiger partial charge on any atom is 0.251 e. The zero-order chi connectivity index (χ0) is 17.8. The molecule has 1 aromatic carbocycles. The number of fused-ring (bicyclic) bond motifs is 1. The average Bonchev–Trinajstić information content (AvgIpc) is 2.63.